The van der Waals surface area contributed by atoms with Gasteiger partial charge in [0.05, 0.1) is 0 Å². The van der Waals surface area contributed by atoms with Crippen LogP contribution in [0.2, 0.25) is 0 Å². The summed E-state index contributed by atoms with van der Waals surface area (Å²) in [6.07, 6.45) is 7.71. The highest BCUT2D eigenvalue weighted by Crippen LogP contribution is 2.32. The van der Waals surface area contributed by atoms with Gasteiger partial charge in [-0.25, -0.2) is 4.39 Å². The van der Waals surface area contributed by atoms with Crippen LogP contribution in [0.1, 0.15) is 43.2 Å². The molecule has 1 aliphatic rings. The molecule has 0 aliphatic heterocycles. The minimum absolute atomic E-state index is 0.123. The van der Waals surface area contributed by atoms with E-state index in [1.165, 1.54) is 37.7 Å². The van der Waals surface area contributed by atoms with Crippen LogP contribution >= 0.6 is 15.9 Å². The van der Waals surface area contributed by atoms with E-state index in [9.17, 15) is 4.39 Å². The van der Waals surface area contributed by atoms with E-state index in [0.717, 1.165) is 12.0 Å². The number of rotatable bonds is 2. The second-order valence-corrected chi connectivity index (χ2v) is 6.37. The first-order valence-corrected chi connectivity index (χ1v) is 7.47. The number of halogens is 2. The van der Waals surface area contributed by atoms with E-state index in [0.29, 0.717) is 10.7 Å². The largest absolute Gasteiger partial charge is 0.207 e. The Balaban J connectivity index is 2.08. The third kappa shape index (κ3) is 3.54. The molecule has 1 aliphatic carbocycles. The molecule has 0 aromatic heterocycles. The van der Waals surface area contributed by atoms with Gasteiger partial charge in [0.1, 0.15) is 5.82 Å². The number of hydrogen-bond acceptors (Lipinski definition) is 0. The Hall–Kier alpha value is -0.370. The van der Waals surface area contributed by atoms with Gasteiger partial charge in [-0.1, -0.05) is 41.3 Å². The minimum Gasteiger partial charge on any atom is -0.207 e. The molecule has 2 unspecified atom stereocenters. The van der Waals surface area contributed by atoms with E-state index >= 15 is 0 Å². The number of aryl methyl sites for hydroxylation is 1. The van der Waals surface area contributed by atoms with Crippen molar-refractivity contribution in [3.63, 3.8) is 0 Å². The maximum absolute atomic E-state index is 13.1. The summed E-state index contributed by atoms with van der Waals surface area (Å²) < 4.78 is 13.1. The summed E-state index contributed by atoms with van der Waals surface area (Å²) in [5, 5.41) is 0. The molecule has 94 valence electrons. The van der Waals surface area contributed by atoms with Crippen LogP contribution < -0.4 is 0 Å². The van der Waals surface area contributed by atoms with Gasteiger partial charge in [0, 0.05) is 4.83 Å². The lowest BCUT2D eigenvalue weighted by atomic mass is 9.90. The number of benzene rings is 1. The molecule has 0 N–H and O–H groups in total. The van der Waals surface area contributed by atoms with Gasteiger partial charge in [-0.3, -0.25) is 0 Å². The molecule has 17 heavy (non-hydrogen) atoms. The molecule has 2 rings (SSSR count). The molecule has 0 amide bonds. The van der Waals surface area contributed by atoms with Crippen molar-refractivity contribution < 1.29 is 4.39 Å². The Kier molecular flexibility index (Phi) is 4.61. The predicted octanol–water partition coefficient (Wildman–Crippen LogP) is 5.02. The van der Waals surface area contributed by atoms with Crippen LogP contribution in [0.25, 0.3) is 0 Å². The second-order valence-electron chi connectivity index (χ2n) is 5.19. The van der Waals surface area contributed by atoms with E-state index in [1.807, 2.05) is 13.0 Å². The zero-order valence-electron chi connectivity index (χ0n) is 10.4. The summed E-state index contributed by atoms with van der Waals surface area (Å²) in [7, 11) is 0. The second kappa shape index (κ2) is 5.99. The first-order valence-electron chi connectivity index (χ1n) is 6.56. The fourth-order valence-corrected chi connectivity index (χ4v) is 3.51. The molecule has 2 heteroatoms. The summed E-state index contributed by atoms with van der Waals surface area (Å²) >= 11 is 3.83. The van der Waals surface area contributed by atoms with Crippen molar-refractivity contribution >= 4 is 15.9 Å². The average molecular weight is 299 g/mol. The Bertz CT molecular complexity index is 375. The molecule has 0 nitrogen and oxygen atoms in total. The smallest absolute Gasteiger partial charge is 0.123 e. The fourth-order valence-electron chi connectivity index (χ4n) is 2.74. The van der Waals surface area contributed by atoms with Gasteiger partial charge in [-0.2, -0.15) is 0 Å². The van der Waals surface area contributed by atoms with Crippen LogP contribution in [0.15, 0.2) is 18.2 Å². The molecule has 0 saturated heterocycles. The zero-order valence-corrected chi connectivity index (χ0v) is 12.0. The van der Waals surface area contributed by atoms with Gasteiger partial charge < -0.3 is 0 Å². The van der Waals surface area contributed by atoms with Crippen molar-refractivity contribution in [3.05, 3.63) is 35.1 Å². The van der Waals surface area contributed by atoms with Crippen molar-refractivity contribution in [3.8, 4) is 0 Å². The molecule has 2 atom stereocenters. The quantitative estimate of drug-likeness (QED) is 0.531. The Morgan fingerprint density at radius 3 is 2.76 bits per heavy atom. The normalized spacial score (nSPS) is 25.6. The third-order valence-corrected chi connectivity index (χ3v) is 5.06. The summed E-state index contributed by atoms with van der Waals surface area (Å²) in [4.78, 5) is 0.634. The van der Waals surface area contributed by atoms with E-state index in [1.54, 1.807) is 12.1 Å². The molecule has 0 heterocycles. The predicted molar refractivity (Wildman–Crippen MR) is 74.1 cm³/mol. The first-order chi connectivity index (χ1) is 8.16. The highest BCUT2D eigenvalue weighted by atomic mass is 79.9. The minimum atomic E-state index is -0.123. The van der Waals surface area contributed by atoms with Crippen LogP contribution in [0.3, 0.4) is 0 Å². The van der Waals surface area contributed by atoms with E-state index in [-0.39, 0.29) is 5.82 Å². The van der Waals surface area contributed by atoms with E-state index in [2.05, 4.69) is 15.9 Å². The van der Waals surface area contributed by atoms with Crippen molar-refractivity contribution in [1.29, 1.82) is 0 Å². The lowest BCUT2D eigenvalue weighted by Gasteiger charge is -2.20. The topological polar surface area (TPSA) is 0 Å². The maximum atomic E-state index is 13.1. The summed E-state index contributed by atoms with van der Waals surface area (Å²) in [5.41, 5.74) is 2.40. The first kappa shape index (κ1) is 13.1. The standard InChI is InChI=1S/C15H20BrF/c1-11-9-14(17)8-7-12(11)10-13-5-3-2-4-6-15(13)16/h7-9,13,15H,2-6,10H2,1H3. The van der Waals surface area contributed by atoms with Crippen LogP contribution in [-0.4, -0.2) is 4.83 Å². The Morgan fingerprint density at radius 1 is 1.24 bits per heavy atom. The van der Waals surface area contributed by atoms with Crippen molar-refractivity contribution in [2.75, 3.05) is 0 Å². The van der Waals surface area contributed by atoms with Gasteiger partial charge in [-0.15, -0.1) is 0 Å². The lowest BCUT2D eigenvalue weighted by Crippen LogP contribution is -2.16. The molecule has 0 bridgehead atoms. The summed E-state index contributed by atoms with van der Waals surface area (Å²) in [6.45, 7) is 2.01. The van der Waals surface area contributed by atoms with Crippen LogP contribution in [0.4, 0.5) is 4.39 Å². The molecule has 0 radical (unpaired) electrons. The average Bonchev–Trinajstić information content (AvgIpc) is 2.48. The van der Waals surface area contributed by atoms with Gasteiger partial charge in [0.25, 0.3) is 0 Å². The molecular formula is C15H20BrF. The van der Waals surface area contributed by atoms with Crippen LogP contribution in [0, 0.1) is 18.7 Å². The highest BCUT2D eigenvalue weighted by Gasteiger charge is 2.22. The molecule has 1 fully saturated rings. The molecule has 0 spiro atoms. The molecule has 1 aromatic carbocycles. The third-order valence-electron chi connectivity index (χ3n) is 3.85. The highest BCUT2D eigenvalue weighted by molar-refractivity contribution is 9.09. The molecule has 1 saturated carbocycles. The lowest BCUT2D eigenvalue weighted by molar-refractivity contribution is 0.474. The number of alkyl halides is 1. The van der Waals surface area contributed by atoms with Gasteiger partial charge in [0.2, 0.25) is 0 Å². The van der Waals surface area contributed by atoms with Crippen molar-refractivity contribution in [2.24, 2.45) is 5.92 Å². The van der Waals surface area contributed by atoms with Crippen molar-refractivity contribution in [1.82, 2.24) is 0 Å². The van der Waals surface area contributed by atoms with Gasteiger partial charge in [0.15, 0.2) is 0 Å². The maximum Gasteiger partial charge on any atom is 0.123 e. The molecular weight excluding hydrogens is 279 g/mol. The van der Waals surface area contributed by atoms with E-state index in [4.69, 9.17) is 0 Å². The summed E-state index contributed by atoms with van der Waals surface area (Å²) in [5.74, 6) is 0.587. The fraction of sp³-hybridized carbons (Fsp3) is 0.600. The van der Waals surface area contributed by atoms with Gasteiger partial charge in [-0.05, 0) is 55.4 Å². The van der Waals surface area contributed by atoms with E-state index < -0.39 is 0 Å². The van der Waals surface area contributed by atoms with Crippen molar-refractivity contribution in [2.45, 2.75) is 50.3 Å². The Morgan fingerprint density at radius 2 is 2.00 bits per heavy atom. The van der Waals surface area contributed by atoms with Crippen LogP contribution in [-0.2, 0) is 6.42 Å². The Labute approximate surface area is 112 Å². The SMILES string of the molecule is Cc1cc(F)ccc1CC1CCCCCC1Br. The molecule has 1 aromatic rings. The van der Waals surface area contributed by atoms with Crippen LogP contribution in [0.5, 0.6) is 0 Å². The monoisotopic (exact) mass is 298 g/mol. The summed E-state index contributed by atoms with van der Waals surface area (Å²) in [6, 6.07) is 5.19. The van der Waals surface area contributed by atoms with Gasteiger partial charge >= 0.3 is 0 Å². The zero-order chi connectivity index (χ0) is 12.3. The number of hydrogen-bond donors (Lipinski definition) is 0.